The molecule has 23 heavy (non-hydrogen) atoms. The largest absolute Gasteiger partial charge is 0.481 e. The van der Waals surface area contributed by atoms with Crippen LogP contribution in [-0.2, 0) is 4.79 Å². The number of carboxylic acid groups (broad SMARTS) is 1. The van der Waals surface area contributed by atoms with E-state index < -0.39 is 5.97 Å². The Balaban J connectivity index is 2.43. The zero-order valence-electron chi connectivity index (χ0n) is 13.0. The van der Waals surface area contributed by atoms with Gasteiger partial charge >= 0.3 is 5.97 Å². The number of aliphatic carboxylic acids is 1. The standard InChI is InChI=1S/C18H18ClNO3/c1-12-4-3-5-13(2)17(12)20(11-10-16(21)22)18(23)14-6-8-15(19)9-7-14/h3-9H,10-11H2,1-2H3,(H,21,22). The molecule has 0 aliphatic carbocycles. The number of hydrogen-bond donors (Lipinski definition) is 1. The number of halogens is 1. The van der Waals surface area contributed by atoms with Crippen LogP contribution in [0.5, 0.6) is 0 Å². The Morgan fingerprint density at radius 1 is 1.04 bits per heavy atom. The smallest absolute Gasteiger partial charge is 0.305 e. The van der Waals surface area contributed by atoms with Crippen LogP contribution in [0.25, 0.3) is 0 Å². The van der Waals surface area contributed by atoms with Crippen molar-refractivity contribution < 1.29 is 14.7 Å². The van der Waals surface area contributed by atoms with Gasteiger partial charge in [-0.05, 0) is 49.2 Å². The number of amides is 1. The van der Waals surface area contributed by atoms with Gasteiger partial charge in [-0.2, -0.15) is 0 Å². The first-order valence-electron chi connectivity index (χ1n) is 7.25. The summed E-state index contributed by atoms with van der Waals surface area (Å²) in [6.45, 7) is 3.93. The molecule has 4 nitrogen and oxygen atoms in total. The fourth-order valence-electron chi connectivity index (χ4n) is 2.50. The van der Waals surface area contributed by atoms with Gasteiger partial charge in [0.05, 0.1) is 6.42 Å². The fourth-order valence-corrected chi connectivity index (χ4v) is 2.63. The van der Waals surface area contributed by atoms with E-state index in [9.17, 15) is 9.59 Å². The third-order valence-electron chi connectivity index (χ3n) is 3.60. The van der Waals surface area contributed by atoms with Crippen LogP contribution in [0.15, 0.2) is 42.5 Å². The first kappa shape index (κ1) is 17.0. The molecule has 0 bridgehead atoms. The van der Waals surface area contributed by atoms with E-state index in [-0.39, 0.29) is 18.9 Å². The highest BCUT2D eigenvalue weighted by Crippen LogP contribution is 2.26. The molecule has 0 heterocycles. The van der Waals surface area contributed by atoms with Crippen molar-refractivity contribution in [3.8, 4) is 0 Å². The molecule has 0 spiro atoms. The number of benzene rings is 2. The number of hydrogen-bond acceptors (Lipinski definition) is 2. The summed E-state index contributed by atoms with van der Waals surface area (Å²) in [5.41, 5.74) is 3.09. The van der Waals surface area contributed by atoms with Gasteiger partial charge < -0.3 is 10.0 Å². The molecule has 0 radical (unpaired) electrons. The number of carboxylic acids is 1. The second-order valence-corrected chi connectivity index (χ2v) is 5.78. The highest BCUT2D eigenvalue weighted by Gasteiger charge is 2.21. The molecule has 1 N–H and O–H groups in total. The molecule has 0 atom stereocenters. The number of carbonyl (C=O) groups excluding carboxylic acids is 1. The van der Waals surface area contributed by atoms with Crippen LogP contribution < -0.4 is 4.90 Å². The van der Waals surface area contributed by atoms with Gasteiger partial charge in [0.2, 0.25) is 0 Å². The topological polar surface area (TPSA) is 57.6 Å². The van der Waals surface area contributed by atoms with E-state index in [0.717, 1.165) is 16.8 Å². The highest BCUT2D eigenvalue weighted by atomic mass is 35.5. The van der Waals surface area contributed by atoms with E-state index in [1.807, 2.05) is 32.0 Å². The average molecular weight is 332 g/mol. The quantitative estimate of drug-likeness (QED) is 0.898. The van der Waals surface area contributed by atoms with Crippen LogP contribution in [0.1, 0.15) is 27.9 Å². The van der Waals surface area contributed by atoms with Crippen molar-refractivity contribution in [3.63, 3.8) is 0 Å². The van der Waals surface area contributed by atoms with Crippen LogP contribution in [0.3, 0.4) is 0 Å². The van der Waals surface area contributed by atoms with Gasteiger partial charge in [0.25, 0.3) is 5.91 Å². The van der Waals surface area contributed by atoms with E-state index >= 15 is 0 Å². The van der Waals surface area contributed by atoms with Crippen molar-refractivity contribution in [1.29, 1.82) is 0 Å². The fraction of sp³-hybridized carbons (Fsp3) is 0.222. The molecule has 0 aliphatic rings. The summed E-state index contributed by atoms with van der Waals surface area (Å²) in [7, 11) is 0. The van der Waals surface area contributed by atoms with Gasteiger partial charge in [-0.25, -0.2) is 0 Å². The maximum absolute atomic E-state index is 12.9. The van der Waals surface area contributed by atoms with E-state index in [2.05, 4.69) is 0 Å². The van der Waals surface area contributed by atoms with Crippen LogP contribution in [0.2, 0.25) is 5.02 Å². The van der Waals surface area contributed by atoms with Gasteiger partial charge in [-0.1, -0.05) is 29.8 Å². The number of anilines is 1. The molecule has 0 aliphatic heterocycles. The SMILES string of the molecule is Cc1cccc(C)c1N(CCC(=O)O)C(=O)c1ccc(Cl)cc1. The summed E-state index contributed by atoms with van der Waals surface area (Å²) < 4.78 is 0. The number of para-hydroxylation sites is 1. The third-order valence-corrected chi connectivity index (χ3v) is 3.85. The predicted octanol–water partition coefficient (Wildman–Crippen LogP) is 4.08. The van der Waals surface area contributed by atoms with E-state index in [4.69, 9.17) is 16.7 Å². The predicted molar refractivity (Wildman–Crippen MR) is 91.3 cm³/mol. The number of aryl methyl sites for hydroxylation is 2. The van der Waals surface area contributed by atoms with Gasteiger partial charge in [-0.15, -0.1) is 0 Å². The summed E-state index contributed by atoms with van der Waals surface area (Å²) in [6, 6.07) is 12.3. The Labute approximate surface area is 140 Å². The van der Waals surface area contributed by atoms with Crippen molar-refractivity contribution in [2.24, 2.45) is 0 Å². The summed E-state index contributed by atoms with van der Waals surface area (Å²) in [5.74, 6) is -1.18. The van der Waals surface area contributed by atoms with Gasteiger partial charge in [0, 0.05) is 22.8 Å². The van der Waals surface area contributed by atoms with Crippen LogP contribution in [0.4, 0.5) is 5.69 Å². The lowest BCUT2D eigenvalue weighted by atomic mass is 10.1. The lowest BCUT2D eigenvalue weighted by Crippen LogP contribution is -2.34. The van der Waals surface area contributed by atoms with Crippen molar-refractivity contribution >= 4 is 29.2 Å². The lowest BCUT2D eigenvalue weighted by molar-refractivity contribution is -0.136. The normalized spacial score (nSPS) is 10.4. The van der Waals surface area contributed by atoms with Gasteiger partial charge in [-0.3, -0.25) is 9.59 Å². The molecule has 5 heteroatoms. The number of carbonyl (C=O) groups is 2. The third kappa shape index (κ3) is 4.11. The first-order chi connectivity index (χ1) is 10.9. The monoisotopic (exact) mass is 331 g/mol. The molecule has 0 fully saturated rings. The minimum absolute atomic E-state index is 0.114. The second-order valence-electron chi connectivity index (χ2n) is 5.35. The summed E-state index contributed by atoms with van der Waals surface area (Å²) in [5, 5.41) is 9.53. The Bertz CT molecular complexity index is 705. The van der Waals surface area contributed by atoms with Gasteiger partial charge in [0.1, 0.15) is 0 Å². The van der Waals surface area contributed by atoms with Crippen molar-refractivity contribution in [2.75, 3.05) is 11.4 Å². The molecule has 2 rings (SSSR count). The minimum atomic E-state index is -0.940. The Hall–Kier alpha value is -2.33. The number of rotatable bonds is 5. The summed E-state index contributed by atoms with van der Waals surface area (Å²) in [4.78, 5) is 25.3. The first-order valence-corrected chi connectivity index (χ1v) is 7.63. The van der Waals surface area contributed by atoms with Crippen molar-refractivity contribution in [2.45, 2.75) is 20.3 Å². The molecule has 0 unspecified atom stereocenters. The molecular weight excluding hydrogens is 314 g/mol. The maximum Gasteiger partial charge on any atom is 0.305 e. The van der Waals surface area contributed by atoms with Crippen LogP contribution in [-0.4, -0.2) is 23.5 Å². The van der Waals surface area contributed by atoms with Crippen molar-refractivity contribution in [3.05, 3.63) is 64.2 Å². The van der Waals surface area contributed by atoms with Gasteiger partial charge in [0.15, 0.2) is 0 Å². The zero-order valence-corrected chi connectivity index (χ0v) is 13.8. The molecular formula is C18H18ClNO3. The molecule has 0 saturated carbocycles. The molecule has 2 aromatic rings. The average Bonchev–Trinajstić information content (AvgIpc) is 2.50. The Morgan fingerprint density at radius 3 is 2.13 bits per heavy atom. The Morgan fingerprint density at radius 2 is 1.61 bits per heavy atom. The molecule has 120 valence electrons. The molecule has 2 aromatic carbocycles. The maximum atomic E-state index is 12.9. The molecule has 0 aromatic heterocycles. The highest BCUT2D eigenvalue weighted by molar-refractivity contribution is 6.30. The van der Waals surface area contributed by atoms with Crippen LogP contribution >= 0.6 is 11.6 Å². The molecule has 0 saturated heterocycles. The molecule has 1 amide bonds. The Kier molecular flexibility index (Phi) is 5.40. The number of nitrogens with zero attached hydrogens (tertiary/aromatic N) is 1. The van der Waals surface area contributed by atoms with E-state index in [0.29, 0.717) is 10.6 Å². The summed E-state index contributed by atoms with van der Waals surface area (Å²) in [6.07, 6.45) is -0.118. The van der Waals surface area contributed by atoms with E-state index in [1.165, 1.54) is 4.90 Å². The lowest BCUT2D eigenvalue weighted by Gasteiger charge is -2.26. The van der Waals surface area contributed by atoms with Crippen LogP contribution in [0, 0.1) is 13.8 Å². The van der Waals surface area contributed by atoms with E-state index in [1.54, 1.807) is 24.3 Å². The zero-order chi connectivity index (χ0) is 17.0. The van der Waals surface area contributed by atoms with Crippen molar-refractivity contribution in [1.82, 2.24) is 0 Å². The second kappa shape index (κ2) is 7.29. The minimum Gasteiger partial charge on any atom is -0.481 e. The summed E-state index contributed by atoms with van der Waals surface area (Å²) >= 11 is 5.86.